The average molecular weight is 624 g/mol. The molecule has 9 nitrogen and oxygen atoms in total. The minimum absolute atomic E-state index is 0.0829. The molecule has 0 saturated carbocycles. The Balaban J connectivity index is 1.43. The summed E-state index contributed by atoms with van der Waals surface area (Å²) in [6, 6.07) is 26.3. The van der Waals surface area contributed by atoms with Crippen molar-refractivity contribution >= 4 is 50.0 Å². The zero-order valence-corrected chi connectivity index (χ0v) is 23.7. The zero-order chi connectivity index (χ0) is 29.2. The van der Waals surface area contributed by atoms with Gasteiger partial charge in [-0.25, -0.2) is 9.78 Å². The summed E-state index contributed by atoms with van der Waals surface area (Å²) in [7, 11) is 1.52. The molecular formula is C32H22BrN3O6. The molecule has 0 fully saturated rings. The Kier molecular flexibility index (Phi) is 7.28. The number of methoxy groups -OCH3 is 1. The molecule has 0 aliphatic carbocycles. The smallest absolute Gasteiger partial charge is 0.335 e. The maximum atomic E-state index is 13.7. The summed E-state index contributed by atoms with van der Waals surface area (Å²) in [5.74, 6) is 0.410. The largest absolute Gasteiger partial charge is 0.493 e. The molecule has 6 rings (SSSR count). The molecule has 2 aromatic heterocycles. The second kappa shape index (κ2) is 11.3. The van der Waals surface area contributed by atoms with Gasteiger partial charge in [0.05, 0.1) is 29.8 Å². The fourth-order valence-corrected chi connectivity index (χ4v) is 4.91. The molecule has 2 heterocycles. The standard InChI is InChI=1S/C32H22BrN3O6/c1-40-27-11-5-8-21(29(27)41-18-19-6-4-7-20(14-19)32(38)39)17-34-36-30(35-25-10-3-2-9-24(25)31(36)37)28-16-22-15-23(33)12-13-26(22)42-28/h2-17H,18H2,1H3,(H,38,39). The van der Waals surface area contributed by atoms with Crippen LogP contribution in [0.15, 0.2) is 110 Å². The van der Waals surface area contributed by atoms with E-state index in [-0.39, 0.29) is 23.6 Å². The van der Waals surface area contributed by atoms with Crippen molar-refractivity contribution in [3.05, 3.63) is 123 Å². The van der Waals surface area contributed by atoms with Crippen molar-refractivity contribution in [1.29, 1.82) is 0 Å². The molecule has 0 amide bonds. The van der Waals surface area contributed by atoms with E-state index in [9.17, 15) is 14.7 Å². The van der Waals surface area contributed by atoms with Crippen molar-refractivity contribution in [1.82, 2.24) is 9.66 Å². The number of carboxylic acids is 1. The second-order valence-electron chi connectivity index (χ2n) is 9.28. The number of carbonyl (C=O) groups is 1. The summed E-state index contributed by atoms with van der Waals surface area (Å²) in [5.41, 5.74) is 2.14. The molecule has 208 valence electrons. The number of rotatable bonds is 8. The van der Waals surface area contributed by atoms with Crippen LogP contribution in [0.2, 0.25) is 0 Å². The van der Waals surface area contributed by atoms with E-state index in [1.165, 1.54) is 24.1 Å². The van der Waals surface area contributed by atoms with Gasteiger partial charge in [-0.05, 0) is 66.2 Å². The predicted molar refractivity (Wildman–Crippen MR) is 163 cm³/mol. The third kappa shape index (κ3) is 5.27. The van der Waals surface area contributed by atoms with E-state index < -0.39 is 5.97 Å². The average Bonchev–Trinajstić information content (AvgIpc) is 3.43. The molecule has 0 aliphatic rings. The molecule has 0 spiro atoms. The molecule has 42 heavy (non-hydrogen) atoms. The molecule has 0 aliphatic heterocycles. The maximum absolute atomic E-state index is 13.7. The second-order valence-corrected chi connectivity index (χ2v) is 10.2. The van der Waals surface area contributed by atoms with Crippen LogP contribution in [0.3, 0.4) is 0 Å². The summed E-state index contributed by atoms with van der Waals surface area (Å²) in [6.45, 7) is 0.0829. The lowest BCUT2D eigenvalue weighted by molar-refractivity contribution is 0.0696. The molecule has 10 heteroatoms. The molecule has 0 unspecified atom stereocenters. The molecule has 6 aromatic rings. The van der Waals surface area contributed by atoms with Crippen LogP contribution in [-0.2, 0) is 6.61 Å². The summed E-state index contributed by atoms with van der Waals surface area (Å²) in [4.78, 5) is 29.8. The number of benzene rings is 4. The molecule has 0 atom stereocenters. The zero-order valence-electron chi connectivity index (χ0n) is 22.2. The quantitative estimate of drug-likeness (QED) is 0.187. The Morgan fingerprint density at radius 3 is 2.71 bits per heavy atom. The summed E-state index contributed by atoms with van der Waals surface area (Å²) in [5, 5.41) is 15.1. The third-order valence-electron chi connectivity index (χ3n) is 6.55. The first-order valence-electron chi connectivity index (χ1n) is 12.8. The van der Waals surface area contributed by atoms with Gasteiger partial charge in [-0.3, -0.25) is 4.79 Å². The van der Waals surface area contributed by atoms with E-state index in [0.29, 0.717) is 44.9 Å². The Bertz CT molecular complexity index is 2060. The van der Waals surface area contributed by atoms with E-state index in [0.717, 1.165) is 9.86 Å². The van der Waals surface area contributed by atoms with Crippen molar-refractivity contribution in [3.8, 4) is 23.1 Å². The number of hydrogen-bond acceptors (Lipinski definition) is 7. The molecular weight excluding hydrogens is 602 g/mol. The normalized spacial score (nSPS) is 11.4. The molecule has 1 N–H and O–H groups in total. The van der Waals surface area contributed by atoms with Gasteiger partial charge in [0.25, 0.3) is 5.56 Å². The van der Waals surface area contributed by atoms with Crippen molar-refractivity contribution in [2.45, 2.75) is 6.61 Å². The van der Waals surface area contributed by atoms with Crippen LogP contribution in [0.1, 0.15) is 21.5 Å². The van der Waals surface area contributed by atoms with Gasteiger partial charge in [0, 0.05) is 15.4 Å². The first kappa shape index (κ1) is 27.0. The number of aromatic carboxylic acids is 1. The van der Waals surface area contributed by atoms with Crippen LogP contribution in [0.4, 0.5) is 0 Å². The number of aromatic nitrogens is 2. The van der Waals surface area contributed by atoms with Gasteiger partial charge in [0.2, 0.25) is 5.82 Å². The molecule has 0 radical (unpaired) electrons. The number of hydrogen-bond donors (Lipinski definition) is 1. The first-order chi connectivity index (χ1) is 20.4. The Morgan fingerprint density at radius 2 is 1.88 bits per heavy atom. The predicted octanol–water partition coefficient (Wildman–Crippen LogP) is 6.74. The van der Waals surface area contributed by atoms with Crippen molar-refractivity contribution in [2.24, 2.45) is 5.10 Å². The summed E-state index contributed by atoms with van der Waals surface area (Å²) >= 11 is 3.48. The van der Waals surface area contributed by atoms with E-state index in [1.54, 1.807) is 54.6 Å². The number of carboxylic acid groups (broad SMARTS) is 1. The molecule has 0 saturated heterocycles. The lowest BCUT2D eigenvalue weighted by Crippen LogP contribution is -2.20. The molecule has 0 bridgehead atoms. The lowest BCUT2D eigenvalue weighted by atomic mass is 10.1. The minimum Gasteiger partial charge on any atom is -0.493 e. The van der Waals surface area contributed by atoms with Crippen molar-refractivity contribution in [2.75, 3.05) is 7.11 Å². The van der Waals surface area contributed by atoms with E-state index in [1.807, 2.05) is 30.3 Å². The fraction of sp³-hybridized carbons (Fsp3) is 0.0625. The van der Waals surface area contributed by atoms with Gasteiger partial charge in [0.1, 0.15) is 12.2 Å². The van der Waals surface area contributed by atoms with E-state index in [2.05, 4.69) is 21.0 Å². The SMILES string of the molecule is COc1cccc(C=Nn2c(-c3cc4cc(Br)ccc4o3)nc3ccccc3c2=O)c1OCc1cccc(C(=O)O)c1. The van der Waals surface area contributed by atoms with E-state index >= 15 is 0 Å². The van der Waals surface area contributed by atoms with Gasteiger partial charge < -0.3 is 19.0 Å². The molecule has 4 aromatic carbocycles. The monoisotopic (exact) mass is 623 g/mol. The van der Waals surface area contributed by atoms with Gasteiger partial charge in [-0.15, -0.1) is 0 Å². The summed E-state index contributed by atoms with van der Waals surface area (Å²) < 4.78 is 19.8. The van der Waals surface area contributed by atoms with Crippen LogP contribution in [0.25, 0.3) is 33.5 Å². The number of ether oxygens (including phenoxy) is 2. The van der Waals surface area contributed by atoms with Crippen LogP contribution in [0, 0.1) is 0 Å². The van der Waals surface area contributed by atoms with Gasteiger partial charge in [-0.1, -0.05) is 46.3 Å². The van der Waals surface area contributed by atoms with Crippen LogP contribution in [-0.4, -0.2) is 34.1 Å². The number of fused-ring (bicyclic) bond motifs is 2. The van der Waals surface area contributed by atoms with Gasteiger partial charge in [0.15, 0.2) is 17.3 Å². The highest BCUT2D eigenvalue weighted by Crippen LogP contribution is 2.32. The Labute approximate surface area is 247 Å². The highest BCUT2D eigenvalue weighted by atomic mass is 79.9. The Morgan fingerprint density at radius 1 is 1.05 bits per heavy atom. The highest BCUT2D eigenvalue weighted by molar-refractivity contribution is 9.10. The number of para-hydroxylation sites is 2. The number of furan rings is 1. The Hall–Kier alpha value is -5.22. The summed E-state index contributed by atoms with van der Waals surface area (Å²) in [6.07, 6.45) is 1.49. The van der Waals surface area contributed by atoms with Crippen LogP contribution >= 0.6 is 15.9 Å². The number of halogens is 1. The van der Waals surface area contributed by atoms with Crippen molar-refractivity contribution in [3.63, 3.8) is 0 Å². The van der Waals surface area contributed by atoms with Gasteiger partial charge in [-0.2, -0.15) is 9.78 Å². The van der Waals surface area contributed by atoms with Crippen LogP contribution < -0.4 is 15.0 Å². The first-order valence-corrected chi connectivity index (χ1v) is 13.6. The lowest BCUT2D eigenvalue weighted by Gasteiger charge is -2.14. The fourth-order valence-electron chi connectivity index (χ4n) is 4.53. The minimum atomic E-state index is -1.02. The topological polar surface area (TPSA) is 116 Å². The number of nitrogens with zero attached hydrogens (tertiary/aromatic N) is 3. The van der Waals surface area contributed by atoms with Gasteiger partial charge >= 0.3 is 5.97 Å². The van der Waals surface area contributed by atoms with Crippen LogP contribution in [0.5, 0.6) is 11.5 Å². The maximum Gasteiger partial charge on any atom is 0.335 e. The van der Waals surface area contributed by atoms with Crippen molar-refractivity contribution < 1.29 is 23.8 Å². The van der Waals surface area contributed by atoms with E-state index in [4.69, 9.17) is 18.9 Å². The highest BCUT2D eigenvalue weighted by Gasteiger charge is 2.17. The third-order valence-corrected chi connectivity index (χ3v) is 7.04.